The number of anilines is 1. The van der Waals surface area contributed by atoms with Gasteiger partial charge in [-0.3, -0.25) is 9.59 Å². The highest BCUT2D eigenvalue weighted by Gasteiger charge is 2.59. The van der Waals surface area contributed by atoms with Crippen molar-refractivity contribution >= 4 is 17.6 Å². The number of halogens is 1. The average Bonchev–Trinajstić information content (AvgIpc) is 2.87. The molecular formula is C20H30FN5O2. The minimum Gasteiger partial charge on any atom is -0.369 e. The Morgan fingerprint density at radius 2 is 1.86 bits per heavy atom. The minimum atomic E-state index is -0.860. The predicted molar refractivity (Wildman–Crippen MR) is 103 cm³/mol. The summed E-state index contributed by atoms with van der Waals surface area (Å²) in [4.78, 5) is 26.0. The maximum Gasteiger partial charge on any atom is 0.272 e. The van der Waals surface area contributed by atoms with Crippen molar-refractivity contribution in [1.29, 1.82) is 0 Å². The third-order valence-electron chi connectivity index (χ3n) is 7.13. The zero-order chi connectivity index (χ0) is 20.4. The lowest BCUT2D eigenvalue weighted by atomic mass is 9.47. The fourth-order valence-corrected chi connectivity index (χ4v) is 6.51. The molecule has 4 saturated carbocycles. The summed E-state index contributed by atoms with van der Waals surface area (Å²) in [5.41, 5.74) is 10.4. The van der Waals surface area contributed by atoms with Crippen LogP contribution in [0.3, 0.4) is 0 Å². The summed E-state index contributed by atoms with van der Waals surface area (Å²) < 4.78 is 16.6. The van der Waals surface area contributed by atoms with Crippen molar-refractivity contribution in [3.8, 4) is 0 Å². The summed E-state index contributed by atoms with van der Waals surface area (Å²) in [5, 5.41) is 4.04. The van der Waals surface area contributed by atoms with Crippen LogP contribution in [0.4, 0.5) is 10.2 Å². The average molecular weight is 391 g/mol. The van der Waals surface area contributed by atoms with Crippen LogP contribution < -0.4 is 16.4 Å². The van der Waals surface area contributed by atoms with E-state index in [1.807, 2.05) is 0 Å². The van der Waals surface area contributed by atoms with E-state index in [1.165, 1.54) is 4.68 Å². The van der Waals surface area contributed by atoms with Gasteiger partial charge >= 0.3 is 0 Å². The number of primary amides is 2. The van der Waals surface area contributed by atoms with E-state index < -0.39 is 11.7 Å². The lowest BCUT2D eigenvalue weighted by molar-refractivity contribution is -0.144. The van der Waals surface area contributed by atoms with Crippen molar-refractivity contribution in [2.75, 3.05) is 11.4 Å². The van der Waals surface area contributed by atoms with Gasteiger partial charge in [-0.25, -0.2) is 9.07 Å². The van der Waals surface area contributed by atoms with Crippen LogP contribution >= 0.6 is 0 Å². The number of aromatic nitrogens is 2. The third kappa shape index (κ3) is 2.79. The molecule has 2 amide bonds. The van der Waals surface area contributed by atoms with E-state index in [4.69, 9.17) is 11.5 Å². The summed E-state index contributed by atoms with van der Waals surface area (Å²) in [7, 11) is 1.65. The molecular weight excluding hydrogens is 361 g/mol. The van der Waals surface area contributed by atoms with E-state index in [0.717, 1.165) is 32.1 Å². The lowest BCUT2D eigenvalue weighted by Gasteiger charge is -2.61. The molecule has 154 valence electrons. The second-order valence-corrected chi connectivity index (χ2v) is 9.63. The molecule has 4 aliphatic rings. The molecule has 0 radical (unpaired) electrons. The molecule has 4 N–H and O–H groups in total. The van der Waals surface area contributed by atoms with E-state index in [1.54, 1.807) is 7.05 Å². The standard InChI is InChI=1S/C20H30FN5O2/c1-10(2)9-26(18-14(21)15(17(22)27)24-25(18)3)16-12-4-11-5-13(16)8-20(6-11,7-12)19(23)28/h10-13,16H,4-9H2,1-3H3,(H2,22,27)(H2,23,28). The quantitative estimate of drug-likeness (QED) is 0.771. The largest absolute Gasteiger partial charge is 0.369 e. The molecule has 5 rings (SSSR count). The van der Waals surface area contributed by atoms with Crippen LogP contribution in [0.1, 0.15) is 56.4 Å². The maximum atomic E-state index is 15.2. The van der Waals surface area contributed by atoms with Gasteiger partial charge in [0, 0.05) is 25.0 Å². The molecule has 0 spiro atoms. The summed E-state index contributed by atoms with van der Waals surface area (Å²) in [6.45, 7) is 4.84. The van der Waals surface area contributed by atoms with Crippen LogP contribution in [0.2, 0.25) is 0 Å². The highest BCUT2D eigenvalue weighted by molar-refractivity contribution is 5.92. The molecule has 2 atom stereocenters. The van der Waals surface area contributed by atoms with Crippen molar-refractivity contribution in [1.82, 2.24) is 9.78 Å². The Balaban J connectivity index is 1.75. The molecule has 0 aromatic carbocycles. The van der Waals surface area contributed by atoms with E-state index in [2.05, 4.69) is 23.8 Å². The molecule has 2 unspecified atom stereocenters. The summed E-state index contributed by atoms with van der Waals surface area (Å²) in [5.74, 6) is 0.0632. The number of nitrogens with zero attached hydrogens (tertiary/aromatic N) is 3. The first-order chi connectivity index (χ1) is 13.1. The van der Waals surface area contributed by atoms with Crippen molar-refractivity contribution in [3.63, 3.8) is 0 Å². The molecule has 1 aromatic rings. The van der Waals surface area contributed by atoms with Gasteiger partial charge in [0.1, 0.15) is 0 Å². The third-order valence-corrected chi connectivity index (χ3v) is 7.13. The fraction of sp³-hybridized carbons (Fsp3) is 0.750. The van der Waals surface area contributed by atoms with Crippen LogP contribution in [0.15, 0.2) is 0 Å². The number of nitrogens with two attached hydrogens (primary N) is 2. The van der Waals surface area contributed by atoms with Crippen molar-refractivity contribution < 1.29 is 14.0 Å². The SMILES string of the molecule is CC(C)CN(c1c(F)c(C(N)=O)nn1C)C1C2CC3CC1CC(C(N)=O)(C3)C2. The normalized spacial score (nSPS) is 33.5. The number of aryl methyl sites for hydroxylation is 1. The Bertz CT molecular complexity index is 804. The Kier molecular flexibility index (Phi) is 4.43. The van der Waals surface area contributed by atoms with Crippen molar-refractivity contribution in [2.45, 2.75) is 52.0 Å². The molecule has 4 aliphatic carbocycles. The molecule has 0 aliphatic heterocycles. The van der Waals surface area contributed by atoms with Crippen LogP contribution in [0.25, 0.3) is 0 Å². The van der Waals surface area contributed by atoms with Gasteiger partial charge in [0.05, 0.1) is 0 Å². The van der Waals surface area contributed by atoms with Gasteiger partial charge in [-0.15, -0.1) is 0 Å². The van der Waals surface area contributed by atoms with Crippen LogP contribution in [0, 0.1) is 34.9 Å². The van der Waals surface area contributed by atoms with Gasteiger partial charge in [0.15, 0.2) is 17.3 Å². The molecule has 7 nitrogen and oxygen atoms in total. The zero-order valence-corrected chi connectivity index (χ0v) is 16.8. The Hall–Kier alpha value is -2.12. The molecule has 1 aromatic heterocycles. The molecule has 4 bridgehead atoms. The molecule has 0 saturated heterocycles. The van der Waals surface area contributed by atoms with Crippen molar-refractivity contribution in [2.24, 2.45) is 47.6 Å². The fourth-order valence-electron chi connectivity index (χ4n) is 6.51. The Labute approximate surface area is 164 Å². The van der Waals surface area contributed by atoms with Gasteiger partial charge in [-0.2, -0.15) is 5.10 Å². The van der Waals surface area contributed by atoms with E-state index in [-0.39, 0.29) is 23.1 Å². The second kappa shape index (κ2) is 6.46. The Morgan fingerprint density at radius 1 is 1.25 bits per heavy atom. The predicted octanol–water partition coefficient (Wildman–Crippen LogP) is 1.80. The van der Waals surface area contributed by atoms with Crippen molar-refractivity contribution in [3.05, 3.63) is 11.5 Å². The van der Waals surface area contributed by atoms with E-state index >= 15 is 4.39 Å². The highest BCUT2D eigenvalue weighted by Crippen LogP contribution is 2.61. The number of carbonyl (C=O) groups is 2. The van der Waals surface area contributed by atoms with Crippen LogP contribution in [-0.4, -0.2) is 34.2 Å². The summed E-state index contributed by atoms with van der Waals surface area (Å²) in [6, 6.07) is 0.122. The highest BCUT2D eigenvalue weighted by atomic mass is 19.1. The van der Waals surface area contributed by atoms with E-state index in [9.17, 15) is 9.59 Å². The van der Waals surface area contributed by atoms with Crippen LogP contribution in [0.5, 0.6) is 0 Å². The number of carbonyl (C=O) groups excluding carboxylic acids is 2. The van der Waals surface area contributed by atoms with E-state index in [0.29, 0.717) is 36.0 Å². The van der Waals surface area contributed by atoms with Crippen LogP contribution in [-0.2, 0) is 11.8 Å². The van der Waals surface area contributed by atoms with Gasteiger partial charge in [0.2, 0.25) is 5.91 Å². The first kappa shape index (κ1) is 19.2. The van der Waals surface area contributed by atoms with Gasteiger partial charge in [0.25, 0.3) is 5.91 Å². The number of amides is 2. The lowest BCUT2D eigenvalue weighted by Crippen LogP contribution is -2.62. The number of hydrogen-bond donors (Lipinski definition) is 2. The second-order valence-electron chi connectivity index (χ2n) is 9.63. The first-order valence-corrected chi connectivity index (χ1v) is 10.2. The summed E-state index contributed by atoms with van der Waals surface area (Å²) >= 11 is 0. The molecule has 4 fully saturated rings. The molecule has 28 heavy (non-hydrogen) atoms. The van der Waals surface area contributed by atoms with Gasteiger partial charge in [-0.1, -0.05) is 13.8 Å². The molecule has 1 heterocycles. The topological polar surface area (TPSA) is 107 Å². The van der Waals surface area contributed by atoms with Gasteiger partial charge in [-0.05, 0) is 55.8 Å². The Morgan fingerprint density at radius 3 is 2.32 bits per heavy atom. The number of hydrogen-bond acceptors (Lipinski definition) is 4. The monoisotopic (exact) mass is 391 g/mol. The zero-order valence-electron chi connectivity index (χ0n) is 16.8. The number of rotatable bonds is 6. The molecule has 8 heteroatoms. The summed E-state index contributed by atoms with van der Waals surface area (Å²) in [6.07, 6.45) is 4.55. The van der Waals surface area contributed by atoms with Gasteiger partial charge < -0.3 is 16.4 Å². The minimum absolute atomic E-state index is 0.122. The smallest absolute Gasteiger partial charge is 0.272 e. The maximum absolute atomic E-state index is 15.2. The first-order valence-electron chi connectivity index (χ1n) is 10.2.